The molecule has 3 aromatic rings. The van der Waals surface area contributed by atoms with Crippen molar-refractivity contribution in [1.29, 1.82) is 0 Å². The zero-order chi connectivity index (χ0) is 22.6. The van der Waals surface area contributed by atoms with Gasteiger partial charge in [0.25, 0.3) is 0 Å². The molecular weight excluding hydrogens is 394 g/mol. The molecule has 0 saturated carbocycles. The van der Waals surface area contributed by atoms with Gasteiger partial charge >= 0.3 is 0 Å². The molecule has 0 radical (unpaired) electrons. The summed E-state index contributed by atoms with van der Waals surface area (Å²) >= 11 is 0. The van der Waals surface area contributed by atoms with Crippen LogP contribution in [0.25, 0.3) is 0 Å². The van der Waals surface area contributed by atoms with Crippen LogP contribution in [-0.2, 0) is 0 Å². The Morgan fingerprint density at radius 2 is 0.875 bits per heavy atom. The highest BCUT2D eigenvalue weighted by Crippen LogP contribution is 2.25. The van der Waals surface area contributed by atoms with Crippen molar-refractivity contribution in [3.63, 3.8) is 0 Å². The van der Waals surface area contributed by atoms with Gasteiger partial charge < -0.3 is 4.90 Å². The second kappa shape index (κ2) is 12.5. The summed E-state index contributed by atoms with van der Waals surface area (Å²) in [4.78, 5) is 2.47. The third kappa shape index (κ3) is 7.41. The Hall–Kier alpha value is -3.34. The first-order valence-corrected chi connectivity index (χ1v) is 11.5. The summed E-state index contributed by atoms with van der Waals surface area (Å²) in [5.74, 6) is 0. The molecule has 32 heavy (non-hydrogen) atoms. The highest BCUT2D eigenvalue weighted by Gasteiger charge is 2.05. The van der Waals surface area contributed by atoms with Crippen molar-refractivity contribution < 1.29 is 0 Å². The minimum atomic E-state index is 0.785. The van der Waals surface area contributed by atoms with Crippen LogP contribution in [0.3, 0.4) is 0 Å². The molecule has 0 heterocycles. The summed E-state index contributed by atoms with van der Waals surface area (Å²) in [5.41, 5.74) is 5.73. The van der Waals surface area contributed by atoms with Gasteiger partial charge in [0.2, 0.25) is 0 Å². The maximum absolute atomic E-state index is 4.39. The molecule has 0 spiro atoms. The van der Waals surface area contributed by atoms with Gasteiger partial charge in [-0.25, -0.2) is 0 Å². The third-order valence-corrected chi connectivity index (χ3v) is 5.22. The van der Waals surface area contributed by atoms with E-state index in [9.17, 15) is 0 Å². The lowest BCUT2D eigenvalue weighted by molar-refractivity contribution is 0.678. The van der Waals surface area contributed by atoms with Gasteiger partial charge in [0.15, 0.2) is 0 Å². The van der Waals surface area contributed by atoms with Crippen molar-refractivity contribution >= 4 is 28.4 Å². The van der Waals surface area contributed by atoms with E-state index >= 15 is 0 Å². The van der Waals surface area contributed by atoms with Gasteiger partial charge in [0, 0.05) is 18.8 Å². The maximum atomic E-state index is 4.39. The standard InChI is InChI=1S/C27H33N5/c1-4-6-20-32(21-7-5-2)27-18-16-26(17-19-27)31-30-25-14-12-24(13-15-25)29-28-23-10-8-22(3)9-11-23/h8-19H,4-7,20-21H2,1-3H3. The van der Waals surface area contributed by atoms with Crippen molar-refractivity contribution in [2.45, 2.75) is 46.5 Å². The second-order valence-corrected chi connectivity index (χ2v) is 7.96. The summed E-state index contributed by atoms with van der Waals surface area (Å²) in [5, 5.41) is 17.3. The summed E-state index contributed by atoms with van der Waals surface area (Å²) in [6.45, 7) is 8.73. The quantitative estimate of drug-likeness (QED) is 0.281. The average molecular weight is 428 g/mol. The minimum absolute atomic E-state index is 0.785. The summed E-state index contributed by atoms with van der Waals surface area (Å²) in [6, 6.07) is 23.9. The van der Waals surface area contributed by atoms with Gasteiger partial charge in [0.1, 0.15) is 0 Å². The Bertz CT molecular complexity index is 982. The maximum Gasteiger partial charge on any atom is 0.0858 e. The molecule has 0 aliphatic carbocycles. The smallest absolute Gasteiger partial charge is 0.0858 e. The molecule has 0 amide bonds. The predicted molar refractivity (Wildman–Crippen MR) is 134 cm³/mol. The van der Waals surface area contributed by atoms with Gasteiger partial charge in [-0.1, -0.05) is 44.4 Å². The lowest BCUT2D eigenvalue weighted by Gasteiger charge is -2.24. The number of hydrogen-bond acceptors (Lipinski definition) is 5. The van der Waals surface area contributed by atoms with Crippen molar-refractivity contribution in [3.8, 4) is 0 Å². The zero-order valence-corrected chi connectivity index (χ0v) is 19.4. The molecule has 3 rings (SSSR count). The van der Waals surface area contributed by atoms with Crippen molar-refractivity contribution in [2.75, 3.05) is 18.0 Å². The van der Waals surface area contributed by atoms with Crippen LogP contribution in [0.1, 0.15) is 45.1 Å². The largest absolute Gasteiger partial charge is 0.372 e. The molecule has 0 atom stereocenters. The van der Waals surface area contributed by atoms with Gasteiger partial charge in [-0.05, 0) is 80.4 Å². The van der Waals surface area contributed by atoms with Crippen LogP contribution in [0.5, 0.6) is 0 Å². The highest BCUT2D eigenvalue weighted by atomic mass is 15.1. The van der Waals surface area contributed by atoms with E-state index in [0.717, 1.165) is 35.8 Å². The average Bonchev–Trinajstić information content (AvgIpc) is 2.84. The van der Waals surface area contributed by atoms with E-state index in [4.69, 9.17) is 0 Å². The fourth-order valence-corrected chi connectivity index (χ4v) is 3.23. The van der Waals surface area contributed by atoms with Crippen LogP contribution in [-0.4, -0.2) is 13.1 Å². The SMILES string of the molecule is CCCCN(CCCC)c1ccc(N=Nc2ccc(N=Nc3ccc(C)cc3)cc2)cc1. The van der Waals surface area contributed by atoms with E-state index in [2.05, 4.69) is 58.3 Å². The highest BCUT2D eigenvalue weighted by molar-refractivity contribution is 5.53. The monoisotopic (exact) mass is 427 g/mol. The second-order valence-electron chi connectivity index (χ2n) is 7.96. The number of benzene rings is 3. The van der Waals surface area contributed by atoms with Crippen LogP contribution in [0.2, 0.25) is 0 Å². The van der Waals surface area contributed by atoms with Crippen LogP contribution in [0.4, 0.5) is 28.4 Å². The molecule has 0 fully saturated rings. The van der Waals surface area contributed by atoms with Gasteiger partial charge in [0.05, 0.1) is 22.7 Å². The van der Waals surface area contributed by atoms with Crippen LogP contribution in [0, 0.1) is 6.92 Å². The van der Waals surface area contributed by atoms with Crippen molar-refractivity contribution in [1.82, 2.24) is 0 Å². The van der Waals surface area contributed by atoms with Gasteiger partial charge in [-0.2, -0.15) is 20.5 Å². The molecule has 3 aromatic carbocycles. The minimum Gasteiger partial charge on any atom is -0.372 e. The predicted octanol–water partition coefficient (Wildman–Crippen LogP) is 9.23. The Morgan fingerprint density at radius 1 is 0.531 bits per heavy atom. The molecule has 0 bridgehead atoms. The lowest BCUT2D eigenvalue weighted by atomic mass is 10.2. The summed E-state index contributed by atoms with van der Waals surface area (Å²) in [7, 11) is 0. The van der Waals surface area contributed by atoms with E-state index < -0.39 is 0 Å². The number of aryl methyl sites for hydroxylation is 1. The van der Waals surface area contributed by atoms with Crippen molar-refractivity contribution in [2.24, 2.45) is 20.5 Å². The first-order chi connectivity index (χ1) is 15.7. The molecule has 0 aliphatic heterocycles. The number of nitrogens with zero attached hydrogens (tertiary/aromatic N) is 5. The Kier molecular flexibility index (Phi) is 9.11. The van der Waals surface area contributed by atoms with Crippen molar-refractivity contribution in [3.05, 3.63) is 78.4 Å². The zero-order valence-electron chi connectivity index (χ0n) is 19.4. The third-order valence-electron chi connectivity index (χ3n) is 5.22. The van der Waals surface area contributed by atoms with E-state index in [-0.39, 0.29) is 0 Å². The molecule has 0 saturated heterocycles. The molecular formula is C27H33N5. The molecule has 5 nitrogen and oxygen atoms in total. The van der Waals surface area contributed by atoms with E-state index in [1.807, 2.05) is 60.7 Å². The van der Waals surface area contributed by atoms with Gasteiger partial charge in [-0.3, -0.25) is 0 Å². The first kappa shape index (κ1) is 23.3. The van der Waals surface area contributed by atoms with Crippen LogP contribution in [0.15, 0.2) is 93.3 Å². The topological polar surface area (TPSA) is 52.7 Å². The number of hydrogen-bond donors (Lipinski definition) is 0. The fraction of sp³-hybridized carbons (Fsp3) is 0.333. The molecule has 0 unspecified atom stereocenters. The van der Waals surface area contributed by atoms with E-state index in [1.54, 1.807) is 0 Å². The number of rotatable bonds is 11. The molecule has 0 aromatic heterocycles. The molecule has 0 N–H and O–H groups in total. The van der Waals surface area contributed by atoms with Crippen LogP contribution < -0.4 is 4.90 Å². The number of unbranched alkanes of at least 4 members (excludes halogenated alkanes) is 2. The van der Waals surface area contributed by atoms with E-state index in [0.29, 0.717) is 0 Å². The number of anilines is 1. The molecule has 0 aliphatic rings. The van der Waals surface area contributed by atoms with Crippen LogP contribution >= 0.6 is 0 Å². The molecule has 166 valence electrons. The first-order valence-electron chi connectivity index (χ1n) is 11.5. The molecule has 5 heteroatoms. The Balaban J connectivity index is 1.59. The normalized spacial score (nSPS) is 11.5. The Morgan fingerprint density at radius 3 is 1.25 bits per heavy atom. The number of azo groups is 2. The van der Waals surface area contributed by atoms with E-state index in [1.165, 1.54) is 36.9 Å². The summed E-state index contributed by atoms with van der Waals surface area (Å²) in [6.07, 6.45) is 4.85. The fourth-order valence-electron chi connectivity index (χ4n) is 3.23. The lowest BCUT2D eigenvalue weighted by Crippen LogP contribution is -2.25. The van der Waals surface area contributed by atoms with Gasteiger partial charge in [-0.15, -0.1) is 0 Å². The summed E-state index contributed by atoms with van der Waals surface area (Å²) < 4.78 is 0. The Labute approximate surface area is 191 Å².